The maximum Gasteiger partial charge on any atom is 0.281 e. The molecule has 0 aliphatic carbocycles. The Morgan fingerprint density at radius 3 is 2.44 bits per heavy atom. The fraction of sp³-hybridized carbons (Fsp3) is 0.167. The van der Waals surface area contributed by atoms with Gasteiger partial charge in [-0.3, -0.25) is 14.6 Å². The number of benzene rings is 2. The Bertz CT molecular complexity index is 853. The van der Waals surface area contributed by atoms with Gasteiger partial charge in [-0.1, -0.05) is 59.6 Å². The molecule has 1 unspecified atom stereocenters. The van der Waals surface area contributed by atoms with Crippen LogP contribution in [0.3, 0.4) is 0 Å². The van der Waals surface area contributed by atoms with Crippen molar-refractivity contribution < 1.29 is 9.59 Å². The molecular formula is C18H13Cl3N2O2. The number of hydrogen-bond donors (Lipinski definition) is 0. The van der Waals surface area contributed by atoms with E-state index in [0.29, 0.717) is 13.0 Å². The molecule has 3 rings (SSSR count). The number of carbonyl (C=O) groups excluding carboxylic acids is 2. The van der Waals surface area contributed by atoms with E-state index in [1.54, 1.807) is 18.2 Å². The Labute approximate surface area is 160 Å². The third-order valence-corrected chi connectivity index (χ3v) is 5.00. The van der Waals surface area contributed by atoms with Crippen LogP contribution in [-0.4, -0.2) is 29.4 Å². The van der Waals surface area contributed by atoms with Crippen molar-refractivity contribution in [2.45, 2.75) is 11.8 Å². The minimum absolute atomic E-state index is 0.0265. The molecule has 0 spiro atoms. The third-order valence-electron chi connectivity index (χ3n) is 3.80. The van der Waals surface area contributed by atoms with E-state index in [-0.39, 0.29) is 21.4 Å². The molecule has 1 atom stereocenters. The van der Waals surface area contributed by atoms with Gasteiger partial charge in [0.25, 0.3) is 11.8 Å². The maximum absolute atomic E-state index is 12.6. The van der Waals surface area contributed by atoms with Crippen LogP contribution in [0, 0.1) is 0 Å². The van der Waals surface area contributed by atoms with Crippen molar-refractivity contribution in [3.05, 3.63) is 64.1 Å². The van der Waals surface area contributed by atoms with Gasteiger partial charge in [0.2, 0.25) is 0 Å². The van der Waals surface area contributed by atoms with Gasteiger partial charge in [-0.2, -0.15) is 0 Å². The number of aliphatic imine (C=N–C) groups is 1. The van der Waals surface area contributed by atoms with Crippen LogP contribution < -0.4 is 4.90 Å². The zero-order valence-corrected chi connectivity index (χ0v) is 15.2. The molecule has 1 aliphatic heterocycles. The maximum atomic E-state index is 12.6. The Morgan fingerprint density at radius 2 is 1.72 bits per heavy atom. The number of carbonyl (C=O) groups is 2. The lowest BCUT2D eigenvalue weighted by atomic mass is 10.1. The van der Waals surface area contributed by atoms with E-state index < -0.39 is 17.2 Å². The third kappa shape index (κ3) is 3.56. The molecule has 4 nitrogen and oxygen atoms in total. The Kier molecular flexibility index (Phi) is 5.42. The Balaban J connectivity index is 1.83. The van der Waals surface area contributed by atoms with E-state index in [9.17, 15) is 9.59 Å². The number of alkyl halides is 1. The van der Waals surface area contributed by atoms with Crippen LogP contribution in [0.5, 0.6) is 0 Å². The fourth-order valence-electron chi connectivity index (χ4n) is 2.54. The fourth-order valence-corrected chi connectivity index (χ4v) is 3.18. The summed E-state index contributed by atoms with van der Waals surface area (Å²) >= 11 is 18.2. The molecule has 0 bridgehead atoms. The van der Waals surface area contributed by atoms with Crippen molar-refractivity contribution in [1.29, 1.82) is 0 Å². The molecule has 2 amide bonds. The summed E-state index contributed by atoms with van der Waals surface area (Å²) < 4.78 is 0. The molecule has 0 aromatic heterocycles. The van der Waals surface area contributed by atoms with E-state index in [1.165, 1.54) is 0 Å². The second-order valence-electron chi connectivity index (χ2n) is 5.42. The smallest absolute Gasteiger partial charge is 0.281 e. The molecule has 25 heavy (non-hydrogen) atoms. The first-order valence-electron chi connectivity index (χ1n) is 7.55. The highest BCUT2D eigenvalue weighted by atomic mass is 35.5. The van der Waals surface area contributed by atoms with Crippen LogP contribution in [-0.2, 0) is 16.0 Å². The number of imide groups is 1. The van der Waals surface area contributed by atoms with Crippen LogP contribution >= 0.6 is 34.8 Å². The highest BCUT2D eigenvalue weighted by Gasteiger charge is 2.45. The molecule has 128 valence electrons. The molecule has 2 aromatic carbocycles. The van der Waals surface area contributed by atoms with Crippen molar-refractivity contribution in [2.24, 2.45) is 4.99 Å². The molecule has 0 saturated carbocycles. The lowest BCUT2D eigenvalue weighted by molar-refractivity contribution is -0.120. The number of rotatable bonds is 4. The van der Waals surface area contributed by atoms with Crippen LogP contribution in [0.4, 0.5) is 5.69 Å². The molecule has 7 heteroatoms. The summed E-state index contributed by atoms with van der Waals surface area (Å²) in [5, 5.41) is -0.751. The first kappa shape index (κ1) is 17.9. The molecule has 0 radical (unpaired) electrons. The van der Waals surface area contributed by atoms with Gasteiger partial charge in [-0.05, 0) is 24.1 Å². The standard InChI is InChI=1S/C18H13Cl3N2O2/c19-12-7-4-8-13(14(12)20)23-17(24)15(21)16(18(23)25)22-10-9-11-5-2-1-3-6-11/h1-8,15H,9-10H2. The number of hydrogen-bond acceptors (Lipinski definition) is 3. The van der Waals surface area contributed by atoms with Crippen molar-refractivity contribution in [3.63, 3.8) is 0 Å². The molecule has 1 saturated heterocycles. The summed E-state index contributed by atoms with van der Waals surface area (Å²) in [5.41, 5.74) is 1.33. The lowest BCUT2D eigenvalue weighted by Crippen LogP contribution is -2.31. The van der Waals surface area contributed by atoms with E-state index in [0.717, 1.165) is 10.5 Å². The number of nitrogens with zero attached hydrogens (tertiary/aromatic N) is 2. The summed E-state index contributed by atoms with van der Waals surface area (Å²) in [6.07, 6.45) is 0.646. The van der Waals surface area contributed by atoms with Gasteiger partial charge >= 0.3 is 0 Å². The van der Waals surface area contributed by atoms with E-state index in [4.69, 9.17) is 34.8 Å². The monoisotopic (exact) mass is 394 g/mol. The Morgan fingerprint density at radius 1 is 1.00 bits per heavy atom. The van der Waals surface area contributed by atoms with Gasteiger partial charge in [0.05, 0.1) is 15.7 Å². The molecule has 0 N–H and O–H groups in total. The van der Waals surface area contributed by atoms with Gasteiger partial charge in [-0.15, -0.1) is 11.6 Å². The summed E-state index contributed by atoms with van der Waals surface area (Å²) in [7, 11) is 0. The van der Waals surface area contributed by atoms with Crippen molar-refractivity contribution >= 4 is 58.0 Å². The molecule has 1 fully saturated rings. The molecule has 1 heterocycles. The SMILES string of the molecule is O=C1C(=NCCc2ccccc2)C(Cl)C(=O)N1c1cccc(Cl)c1Cl. The Hall–Kier alpha value is -1.88. The minimum Gasteiger partial charge on any atom is -0.282 e. The van der Waals surface area contributed by atoms with Crippen molar-refractivity contribution in [3.8, 4) is 0 Å². The normalized spacial score (nSPS) is 19.1. The average Bonchev–Trinajstić information content (AvgIpc) is 2.82. The first-order valence-corrected chi connectivity index (χ1v) is 8.74. The first-order chi connectivity index (χ1) is 12.0. The van der Waals surface area contributed by atoms with Gasteiger partial charge in [-0.25, -0.2) is 4.90 Å². The van der Waals surface area contributed by atoms with Gasteiger partial charge < -0.3 is 0 Å². The largest absolute Gasteiger partial charge is 0.282 e. The van der Waals surface area contributed by atoms with Crippen LogP contribution in [0.25, 0.3) is 0 Å². The average molecular weight is 396 g/mol. The molecular weight excluding hydrogens is 383 g/mol. The molecule has 2 aromatic rings. The van der Waals surface area contributed by atoms with Crippen molar-refractivity contribution in [2.75, 3.05) is 11.4 Å². The topological polar surface area (TPSA) is 49.7 Å². The van der Waals surface area contributed by atoms with Crippen LogP contribution in [0.1, 0.15) is 5.56 Å². The van der Waals surface area contributed by atoms with Crippen LogP contribution in [0.2, 0.25) is 10.0 Å². The van der Waals surface area contributed by atoms with Gasteiger partial charge in [0.1, 0.15) is 5.71 Å². The number of halogens is 3. The van der Waals surface area contributed by atoms with Crippen molar-refractivity contribution in [1.82, 2.24) is 0 Å². The van der Waals surface area contributed by atoms with E-state index >= 15 is 0 Å². The van der Waals surface area contributed by atoms with Crippen LogP contribution in [0.15, 0.2) is 53.5 Å². The predicted molar refractivity (Wildman–Crippen MR) is 101 cm³/mol. The van der Waals surface area contributed by atoms with E-state index in [1.807, 2.05) is 30.3 Å². The summed E-state index contributed by atoms with van der Waals surface area (Å²) in [4.78, 5) is 30.2. The predicted octanol–water partition coefficient (Wildman–Crippen LogP) is 4.16. The lowest BCUT2D eigenvalue weighted by Gasteiger charge is -2.15. The quantitative estimate of drug-likeness (QED) is 0.576. The zero-order valence-electron chi connectivity index (χ0n) is 13.0. The zero-order chi connectivity index (χ0) is 18.0. The number of anilines is 1. The summed E-state index contributed by atoms with van der Waals surface area (Å²) in [5.74, 6) is -1.14. The summed E-state index contributed by atoms with van der Waals surface area (Å²) in [6, 6.07) is 14.5. The van der Waals surface area contributed by atoms with E-state index in [2.05, 4.69) is 4.99 Å². The highest BCUT2D eigenvalue weighted by Crippen LogP contribution is 2.35. The second kappa shape index (κ2) is 7.56. The minimum atomic E-state index is -1.13. The number of amides is 2. The van der Waals surface area contributed by atoms with Gasteiger partial charge in [0.15, 0.2) is 5.38 Å². The summed E-state index contributed by atoms with van der Waals surface area (Å²) in [6.45, 7) is 0.360. The second-order valence-corrected chi connectivity index (χ2v) is 6.64. The highest BCUT2D eigenvalue weighted by molar-refractivity contribution is 6.68. The molecule has 1 aliphatic rings. The van der Waals surface area contributed by atoms with Gasteiger partial charge in [0, 0.05) is 6.54 Å².